The van der Waals surface area contributed by atoms with Crippen LogP contribution in [0.5, 0.6) is 0 Å². The van der Waals surface area contributed by atoms with Crippen LogP contribution in [0.4, 0.5) is 5.82 Å². The molecule has 0 bridgehead atoms. The fourth-order valence-electron chi connectivity index (χ4n) is 4.44. The normalized spacial score (nSPS) is 18.1. The van der Waals surface area contributed by atoms with Gasteiger partial charge in [0.1, 0.15) is 11.8 Å². The van der Waals surface area contributed by atoms with Crippen LogP contribution in [0.1, 0.15) is 36.0 Å². The molecule has 8 heteroatoms. The highest BCUT2D eigenvalue weighted by molar-refractivity contribution is 9.10. The first kappa shape index (κ1) is 19.5. The van der Waals surface area contributed by atoms with Crippen LogP contribution in [-0.4, -0.2) is 62.5 Å². The lowest BCUT2D eigenvalue weighted by Crippen LogP contribution is -2.47. The highest BCUT2D eigenvalue weighted by Crippen LogP contribution is 2.35. The molecule has 2 fully saturated rings. The predicted octanol–water partition coefficient (Wildman–Crippen LogP) is 3.44. The first-order chi connectivity index (χ1) is 14.5. The van der Waals surface area contributed by atoms with Crippen LogP contribution in [0.3, 0.4) is 0 Å². The van der Waals surface area contributed by atoms with E-state index in [1.165, 1.54) is 6.33 Å². The Morgan fingerprint density at radius 2 is 1.90 bits per heavy atom. The van der Waals surface area contributed by atoms with E-state index in [2.05, 4.69) is 42.9 Å². The summed E-state index contributed by atoms with van der Waals surface area (Å²) in [6, 6.07) is 10.5. The standard InChI is InChI=1S/C22H25BrN6O/c1-27-9-7-17(8-10-27)28(16-5-6-16)22(30)15-4-2-3-14(11-15)19-12-18(23)20-21(24)25-13-26-29(19)20/h2-4,11-13,16-17H,5-10H2,1H3,(H2,24,25,26). The quantitative estimate of drug-likeness (QED) is 0.634. The van der Waals surface area contributed by atoms with Gasteiger partial charge in [0.25, 0.3) is 5.91 Å². The number of nitrogen functional groups attached to an aromatic ring is 1. The Morgan fingerprint density at radius 1 is 1.17 bits per heavy atom. The van der Waals surface area contributed by atoms with Crippen molar-refractivity contribution in [3.05, 3.63) is 46.7 Å². The Balaban J connectivity index is 1.49. The van der Waals surface area contributed by atoms with Crippen molar-refractivity contribution in [1.29, 1.82) is 0 Å². The van der Waals surface area contributed by atoms with Crippen molar-refractivity contribution in [2.45, 2.75) is 37.8 Å². The van der Waals surface area contributed by atoms with Gasteiger partial charge in [-0.3, -0.25) is 4.79 Å². The third-order valence-electron chi connectivity index (χ3n) is 6.20. The van der Waals surface area contributed by atoms with Gasteiger partial charge in [0.05, 0.1) is 5.69 Å². The van der Waals surface area contributed by atoms with Crippen LogP contribution in [0.25, 0.3) is 16.8 Å². The molecule has 7 nitrogen and oxygen atoms in total. The summed E-state index contributed by atoms with van der Waals surface area (Å²) in [4.78, 5) is 22.2. The molecule has 0 radical (unpaired) electrons. The molecule has 3 heterocycles. The van der Waals surface area contributed by atoms with Crippen molar-refractivity contribution in [1.82, 2.24) is 24.4 Å². The Labute approximate surface area is 184 Å². The number of anilines is 1. The van der Waals surface area contributed by atoms with Gasteiger partial charge in [0, 0.05) is 27.7 Å². The Kier molecular flexibility index (Phi) is 4.99. The average Bonchev–Trinajstić information content (AvgIpc) is 3.52. The Bertz CT molecular complexity index is 1100. The molecule has 2 N–H and O–H groups in total. The summed E-state index contributed by atoms with van der Waals surface area (Å²) in [6.07, 6.45) is 5.77. The number of carbonyl (C=O) groups is 1. The highest BCUT2D eigenvalue weighted by Gasteiger charge is 2.38. The molecule has 0 atom stereocenters. The maximum atomic E-state index is 13.6. The van der Waals surface area contributed by atoms with Gasteiger partial charge in [0.2, 0.25) is 0 Å². The van der Waals surface area contributed by atoms with Crippen LogP contribution in [0.15, 0.2) is 41.1 Å². The number of aromatic nitrogens is 3. The molecule has 2 aromatic heterocycles. The first-order valence-electron chi connectivity index (χ1n) is 10.4. The minimum Gasteiger partial charge on any atom is -0.382 e. The number of hydrogen-bond acceptors (Lipinski definition) is 5. The van der Waals surface area contributed by atoms with Crippen LogP contribution < -0.4 is 5.73 Å². The predicted molar refractivity (Wildman–Crippen MR) is 120 cm³/mol. The zero-order chi connectivity index (χ0) is 20.8. The van der Waals surface area contributed by atoms with Crippen molar-refractivity contribution in [2.24, 2.45) is 0 Å². The lowest BCUT2D eigenvalue weighted by Gasteiger charge is -2.37. The molecule has 156 valence electrons. The van der Waals surface area contributed by atoms with Gasteiger partial charge in [-0.25, -0.2) is 9.50 Å². The fraction of sp³-hybridized carbons (Fsp3) is 0.409. The minimum absolute atomic E-state index is 0.142. The first-order valence-corrected chi connectivity index (χ1v) is 11.2. The third-order valence-corrected chi connectivity index (χ3v) is 6.80. The molecule has 30 heavy (non-hydrogen) atoms. The van der Waals surface area contributed by atoms with E-state index in [-0.39, 0.29) is 5.91 Å². The van der Waals surface area contributed by atoms with Gasteiger partial charge in [0.15, 0.2) is 5.82 Å². The van der Waals surface area contributed by atoms with E-state index in [9.17, 15) is 4.79 Å². The largest absolute Gasteiger partial charge is 0.382 e. The molecule has 0 spiro atoms. The van der Waals surface area contributed by atoms with Gasteiger partial charge in [-0.2, -0.15) is 5.10 Å². The topological polar surface area (TPSA) is 79.8 Å². The molecule has 2 aliphatic rings. The van der Waals surface area contributed by atoms with Gasteiger partial charge in [-0.15, -0.1) is 0 Å². The third kappa shape index (κ3) is 3.48. The number of piperidine rings is 1. The molecular formula is C22H25BrN6O. The zero-order valence-electron chi connectivity index (χ0n) is 17.0. The van der Waals surface area contributed by atoms with Crippen LogP contribution >= 0.6 is 15.9 Å². The van der Waals surface area contributed by atoms with Crippen molar-refractivity contribution in [2.75, 3.05) is 25.9 Å². The molecule has 1 saturated heterocycles. The molecular weight excluding hydrogens is 444 g/mol. The number of halogens is 1. The van der Waals surface area contributed by atoms with Crippen LogP contribution in [-0.2, 0) is 0 Å². The average molecular weight is 469 g/mol. The van der Waals surface area contributed by atoms with E-state index in [0.29, 0.717) is 17.9 Å². The van der Waals surface area contributed by atoms with Crippen molar-refractivity contribution in [3.63, 3.8) is 0 Å². The molecule has 1 saturated carbocycles. The van der Waals surface area contributed by atoms with Crippen LogP contribution in [0, 0.1) is 0 Å². The highest BCUT2D eigenvalue weighted by atomic mass is 79.9. The van der Waals surface area contributed by atoms with Gasteiger partial charge in [-0.05, 0) is 79.9 Å². The summed E-state index contributed by atoms with van der Waals surface area (Å²) in [7, 11) is 2.15. The summed E-state index contributed by atoms with van der Waals surface area (Å²) in [6.45, 7) is 2.10. The number of nitrogens with two attached hydrogens (primary N) is 1. The second-order valence-electron chi connectivity index (χ2n) is 8.34. The summed E-state index contributed by atoms with van der Waals surface area (Å²) < 4.78 is 2.60. The number of hydrogen-bond donors (Lipinski definition) is 1. The number of nitrogens with zero attached hydrogens (tertiary/aromatic N) is 5. The zero-order valence-corrected chi connectivity index (χ0v) is 18.5. The van der Waals surface area contributed by atoms with Crippen molar-refractivity contribution < 1.29 is 4.79 Å². The summed E-state index contributed by atoms with van der Waals surface area (Å²) in [5, 5.41) is 4.36. The van der Waals surface area contributed by atoms with E-state index in [0.717, 1.165) is 65.6 Å². The molecule has 1 aliphatic heterocycles. The summed E-state index contributed by atoms with van der Waals surface area (Å²) >= 11 is 3.56. The summed E-state index contributed by atoms with van der Waals surface area (Å²) in [5.74, 6) is 0.556. The van der Waals surface area contributed by atoms with Crippen LogP contribution in [0.2, 0.25) is 0 Å². The minimum atomic E-state index is 0.142. The lowest BCUT2D eigenvalue weighted by atomic mass is 10.0. The van der Waals surface area contributed by atoms with Crippen molar-refractivity contribution >= 4 is 33.2 Å². The molecule has 1 amide bonds. The van der Waals surface area contributed by atoms with E-state index >= 15 is 0 Å². The fourth-order valence-corrected chi connectivity index (χ4v) is 5.03. The van der Waals surface area contributed by atoms with Gasteiger partial charge >= 0.3 is 0 Å². The Morgan fingerprint density at radius 3 is 2.63 bits per heavy atom. The van der Waals surface area contributed by atoms with E-state index in [1.807, 2.05) is 30.3 Å². The molecule has 1 aromatic carbocycles. The lowest BCUT2D eigenvalue weighted by molar-refractivity contribution is 0.0569. The van der Waals surface area contributed by atoms with E-state index < -0.39 is 0 Å². The second kappa shape index (κ2) is 7.67. The van der Waals surface area contributed by atoms with Gasteiger partial charge < -0.3 is 15.5 Å². The number of amides is 1. The Hall–Kier alpha value is -2.45. The molecule has 3 aromatic rings. The number of carbonyl (C=O) groups excluding carboxylic acids is 1. The van der Waals surface area contributed by atoms with E-state index in [4.69, 9.17) is 5.73 Å². The summed E-state index contributed by atoms with van der Waals surface area (Å²) in [5.41, 5.74) is 9.29. The number of likely N-dealkylation sites (tertiary alicyclic amines) is 1. The molecule has 1 aliphatic carbocycles. The maximum absolute atomic E-state index is 13.6. The maximum Gasteiger partial charge on any atom is 0.254 e. The molecule has 5 rings (SSSR count). The number of fused-ring (bicyclic) bond motifs is 1. The van der Waals surface area contributed by atoms with E-state index in [1.54, 1.807) is 4.52 Å². The smallest absolute Gasteiger partial charge is 0.254 e. The number of benzene rings is 1. The number of rotatable bonds is 4. The second-order valence-corrected chi connectivity index (χ2v) is 9.20. The molecule has 0 unspecified atom stereocenters. The SMILES string of the molecule is CN1CCC(N(C(=O)c2cccc(-c3cc(Br)c4c(N)ncnn34)c2)C2CC2)CC1. The monoisotopic (exact) mass is 468 g/mol. The van der Waals surface area contributed by atoms with Crippen molar-refractivity contribution in [3.8, 4) is 11.3 Å². The van der Waals surface area contributed by atoms with Gasteiger partial charge in [-0.1, -0.05) is 12.1 Å².